The summed E-state index contributed by atoms with van der Waals surface area (Å²) in [6.07, 6.45) is -8.68. The molecule has 1 saturated heterocycles. The van der Waals surface area contributed by atoms with Gasteiger partial charge in [0.05, 0.1) is 18.9 Å². The summed E-state index contributed by atoms with van der Waals surface area (Å²) in [6, 6.07) is 11.9. The number of carboxylic acids is 1. The first-order valence-electron chi connectivity index (χ1n) is 11.6. The number of ether oxygens (including phenoxy) is 3. The van der Waals surface area contributed by atoms with Gasteiger partial charge < -0.3 is 50.4 Å². The number of methoxy groups -OCH3 is 1. The highest BCUT2D eigenvalue weighted by molar-refractivity contribution is 5.75. The number of carbonyl (C=O) groups is 2. The summed E-state index contributed by atoms with van der Waals surface area (Å²) in [5.41, 5.74) is 1.61. The Hall–Kier alpha value is -3.26. The van der Waals surface area contributed by atoms with E-state index in [1.807, 2.05) is 31.2 Å². The van der Waals surface area contributed by atoms with Crippen molar-refractivity contribution >= 4 is 18.1 Å². The lowest BCUT2D eigenvalue weighted by molar-refractivity contribution is -0.305. The molecule has 0 spiro atoms. The summed E-state index contributed by atoms with van der Waals surface area (Å²) >= 11 is 0. The first-order chi connectivity index (χ1) is 17.6. The monoisotopic (exact) mass is 520 g/mol. The number of amides is 1. The van der Waals surface area contributed by atoms with Crippen LogP contribution >= 0.6 is 0 Å². The molecule has 202 valence electrons. The fraction of sp³-hybridized carbons (Fsp3) is 0.440. The van der Waals surface area contributed by atoms with Crippen molar-refractivity contribution in [2.75, 3.05) is 19.0 Å². The Morgan fingerprint density at radius 3 is 2.43 bits per heavy atom. The zero-order valence-corrected chi connectivity index (χ0v) is 20.4. The van der Waals surface area contributed by atoms with Crippen LogP contribution in [0.5, 0.6) is 11.5 Å². The minimum Gasteiger partial charge on any atom is -0.506 e. The fourth-order valence-corrected chi connectivity index (χ4v) is 4.00. The summed E-state index contributed by atoms with van der Waals surface area (Å²) in [5.74, 6) is -0.978. The largest absolute Gasteiger partial charge is 0.506 e. The first-order valence-corrected chi connectivity index (χ1v) is 11.6. The summed E-state index contributed by atoms with van der Waals surface area (Å²) < 4.78 is 16.4. The van der Waals surface area contributed by atoms with Crippen molar-refractivity contribution in [1.29, 1.82) is 0 Å². The summed E-state index contributed by atoms with van der Waals surface area (Å²) in [7, 11) is 1.59. The number of rotatable bonds is 12. The van der Waals surface area contributed by atoms with E-state index in [-0.39, 0.29) is 24.0 Å². The van der Waals surface area contributed by atoms with Gasteiger partial charge >= 0.3 is 5.97 Å². The van der Waals surface area contributed by atoms with Crippen LogP contribution < -0.4 is 15.4 Å². The minimum atomic E-state index is -1.86. The normalized spacial score (nSPS) is 25.2. The predicted molar refractivity (Wildman–Crippen MR) is 130 cm³/mol. The third-order valence-electron chi connectivity index (χ3n) is 6.07. The molecule has 0 aliphatic carbocycles. The Kier molecular flexibility index (Phi) is 9.80. The SMILES string of the molecule is COc1ccc(C[C@@H](C)NC[C@H](O[C@@H]2O[C@H](C(=O)O)[C@@H](O)[C@H](O)[C@H]2O)c2ccc(O)c(NC=O)c2)cc1. The highest BCUT2D eigenvalue weighted by Crippen LogP contribution is 2.31. The van der Waals surface area contributed by atoms with Crippen molar-refractivity contribution in [2.45, 2.75) is 56.2 Å². The number of anilines is 1. The third kappa shape index (κ3) is 7.16. The first kappa shape index (κ1) is 28.3. The van der Waals surface area contributed by atoms with Crippen molar-refractivity contribution in [3.8, 4) is 11.5 Å². The van der Waals surface area contributed by atoms with E-state index >= 15 is 0 Å². The average molecular weight is 521 g/mol. The van der Waals surface area contributed by atoms with Crippen molar-refractivity contribution in [1.82, 2.24) is 5.32 Å². The van der Waals surface area contributed by atoms with Crippen molar-refractivity contribution < 1.29 is 49.3 Å². The van der Waals surface area contributed by atoms with E-state index in [4.69, 9.17) is 14.2 Å². The molecule has 1 amide bonds. The number of aromatic hydroxyl groups is 1. The second-order valence-electron chi connectivity index (χ2n) is 8.76. The number of carboxylic acid groups (broad SMARTS) is 1. The van der Waals surface area contributed by atoms with Crippen LogP contribution in [0.4, 0.5) is 5.69 Å². The second-order valence-corrected chi connectivity index (χ2v) is 8.76. The van der Waals surface area contributed by atoms with E-state index in [1.54, 1.807) is 7.11 Å². The fourth-order valence-electron chi connectivity index (χ4n) is 4.00. The number of aliphatic hydroxyl groups is 3. The molecule has 1 aliphatic rings. The maximum atomic E-state index is 11.5. The van der Waals surface area contributed by atoms with Gasteiger partial charge in [-0.2, -0.15) is 0 Å². The molecule has 0 aromatic heterocycles. The Morgan fingerprint density at radius 1 is 1.11 bits per heavy atom. The second kappa shape index (κ2) is 12.8. The molecule has 7 atom stereocenters. The van der Waals surface area contributed by atoms with E-state index in [9.17, 15) is 35.1 Å². The van der Waals surface area contributed by atoms with Crippen molar-refractivity contribution in [3.63, 3.8) is 0 Å². The van der Waals surface area contributed by atoms with E-state index in [2.05, 4.69) is 10.6 Å². The van der Waals surface area contributed by atoms with Gasteiger partial charge in [-0.05, 0) is 48.7 Å². The number of benzene rings is 2. The number of aliphatic hydroxyl groups excluding tert-OH is 3. The van der Waals surface area contributed by atoms with Crippen molar-refractivity contribution in [3.05, 3.63) is 53.6 Å². The molecule has 0 bridgehead atoms. The third-order valence-corrected chi connectivity index (χ3v) is 6.07. The molecule has 2 aromatic rings. The van der Waals surface area contributed by atoms with Gasteiger partial charge in [0.15, 0.2) is 12.4 Å². The number of hydrogen-bond donors (Lipinski definition) is 7. The number of phenolic OH excluding ortho intramolecular Hbond substituents is 1. The molecule has 1 fully saturated rings. The predicted octanol–water partition coefficient (Wildman–Crippen LogP) is 0.140. The molecule has 3 rings (SSSR count). The Morgan fingerprint density at radius 2 is 1.81 bits per heavy atom. The van der Waals surface area contributed by atoms with Gasteiger partial charge in [-0.15, -0.1) is 0 Å². The van der Waals surface area contributed by atoms with Crippen LogP contribution in [-0.2, 0) is 25.5 Å². The quantitative estimate of drug-likeness (QED) is 0.149. The average Bonchev–Trinajstić information content (AvgIpc) is 2.88. The molecular formula is C25H32N2O10. The standard InChI is InChI=1S/C25H32N2O10/c1-13(9-14-3-6-16(35-2)7-4-14)26-11-19(15-5-8-18(29)17(10-15)27-12-28)36-25-22(32)20(30)21(31)23(37-25)24(33)34/h3-8,10,12-13,19-23,25-26,29-32H,9,11H2,1-2H3,(H,27,28)(H,33,34)/t13-,19+,20+,21+,22-,23+,25-/m1/s1. The number of carbonyl (C=O) groups excluding carboxylic acids is 1. The summed E-state index contributed by atoms with van der Waals surface area (Å²) in [5, 5.41) is 55.6. The summed E-state index contributed by atoms with van der Waals surface area (Å²) in [4.78, 5) is 22.4. The van der Waals surface area contributed by atoms with E-state index in [0.717, 1.165) is 11.3 Å². The highest BCUT2D eigenvalue weighted by Gasteiger charge is 2.48. The zero-order valence-electron chi connectivity index (χ0n) is 20.4. The van der Waals surface area contributed by atoms with E-state index in [1.165, 1.54) is 18.2 Å². The molecule has 1 heterocycles. The lowest BCUT2D eigenvalue weighted by atomic mass is 9.98. The lowest BCUT2D eigenvalue weighted by Gasteiger charge is -2.40. The Labute approximate surface area is 213 Å². The molecule has 0 radical (unpaired) electrons. The molecule has 7 N–H and O–H groups in total. The van der Waals surface area contributed by atoms with Gasteiger partial charge in [-0.1, -0.05) is 18.2 Å². The maximum Gasteiger partial charge on any atom is 0.335 e. The van der Waals surface area contributed by atoms with Crippen LogP contribution in [0.15, 0.2) is 42.5 Å². The van der Waals surface area contributed by atoms with Crippen LogP contribution in [-0.4, -0.2) is 88.3 Å². The molecule has 12 nitrogen and oxygen atoms in total. The van der Waals surface area contributed by atoms with Crippen molar-refractivity contribution in [2.24, 2.45) is 0 Å². The van der Waals surface area contributed by atoms with Crippen LogP contribution in [0.25, 0.3) is 0 Å². The molecule has 2 aromatic carbocycles. The number of aliphatic carboxylic acids is 1. The number of hydrogen-bond acceptors (Lipinski definition) is 10. The molecule has 37 heavy (non-hydrogen) atoms. The topological polar surface area (TPSA) is 187 Å². The van der Waals surface area contributed by atoms with Gasteiger partial charge in [0.1, 0.15) is 29.8 Å². The number of nitrogens with one attached hydrogen (secondary N) is 2. The van der Waals surface area contributed by atoms with Gasteiger partial charge in [0.2, 0.25) is 6.41 Å². The molecule has 12 heteroatoms. The Bertz CT molecular complexity index is 1050. The van der Waals surface area contributed by atoms with E-state index < -0.39 is 42.8 Å². The highest BCUT2D eigenvalue weighted by atomic mass is 16.7. The molecule has 0 unspecified atom stereocenters. The summed E-state index contributed by atoms with van der Waals surface area (Å²) in [6.45, 7) is 2.09. The minimum absolute atomic E-state index is 0.0550. The van der Waals surface area contributed by atoms with Gasteiger partial charge in [-0.25, -0.2) is 4.79 Å². The smallest absolute Gasteiger partial charge is 0.335 e. The van der Waals surface area contributed by atoms with Crippen LogP contribution in [0.3, 0.4) is 0 Å². The molecule has 0 saturated carbocycles. The number of phenols is 1. The maximum absolute atomic E-state index is 11.5. The van der Waals surface area contributed by atoms with Crippen LogP contribution in [0.2, 0.25) is 0 Å². The lowest BCUT2D eigenvalue weighted by Crippen LogP contribution is -2.60. The Balaban J connectivity index is 1.79. The van der Waals surface area contributed by atoms with Gasteiger partial charge in [-0.3, -0.25) is 4.79 Å². The van der Waals surface area contributed by atoms with Crippen LogP contribution in [0, 0.1) is 0 Å². The molecule has 1 aliphatic heterocycles. The van der Waals surface area contributed by atoms with Gasteiger partial charge in [0, 0.05) is 12.6 Å². The van der Waals surface area contributed by atoms with Crippen LogP contribution in [0.1, 0.15) is 24.2 Å². The van der Waals surface area contributed by atoms with E-state index in [0.29, 0.717) is 18.4 Å². The molecular weight excluding hydrogens is 488 g/mol. The van der Waals surface area contributed by atoms with Gasteiger partial charge in [0.25, 0.3) is 0 Å². The zero-order chi connectivity index (χ0) is 27.1.